The van der Waals surface area contributed by atoms with E-state index in [2.05, 4.69) is 22.8 Å². The molecule has 0 saturated carbocycles. The van der Waals surface area contributed by atoms with Gasteiger partial charge >= 0.3 is 0 Å². The molecule has 1 saturated heterocycles. The normalized spacial score (nSPS) is 24.5. The summed E-state index contributed by atoms with van der Waals surface area (Å²) in [5.74, 6) is 0.122. The second kappa shape index (κ2) is 5.85. The standard InChI is InChI=1S/C16H21N3O2/c1-11(20)18-14-6-7-19(10-14)16(21)15-8-12-4-2-3-5-13(12)9-17-15/h2-5,14-15,17H,6-10H2,1H3,(H,18,20)/t14?,15-/m1/s1. The second-order valence-corrected chi connectivity index (χ2v) is 5.88. The Morgan fingerprint density at radius 2 is 2.05 bits per heavy atom. The van der Waals surface area contributed by atoms with Crippen LogP contribution in [-0.2, 0) is 22.6 Å². The lowest BCUT2D eigenvalue weighted by atomic mass is 9.95. The number of nitrogens with zero attached hydrogens (tertiary/aromatic N) is 1. The quantitative estimate of drug-likeness (QED) is 0.829. The fraction of sp³-hybridized carbons (Fsp3) is 0.500. The van der Waals surface area contributed by atoms with Crippen molar-refractivity contribution in [2.24, 2.45) is 0 Å². The summed E-state index contributed by atoms with van der Waals surface area (Å²) in [7, 11) is 0. The van der Waals surface area contributed by atoms with Crippen LogP contribution in [0.2, 0.25) is 0 Å². The Bertz CT molecular complexity index is 558. The molecule has 2 aliphatic rings. The number of carbonyl (C=O) groups excluding carboxylic acids is 2. The molecule has 2 aliphatic heterocycles. The first kappa shape index (κ1) is 14.1. The molecule has 0 aromatic heterocycles. The minimum absolute atomic E-state index is 0.0287. The highest BCUT2D eigenvalue weighted by Gasteiger charge is 2.32. The van der Waals surface area contributed by atoms with E-state index in [9.17, 15) is 9.59 Å². The Kier molecular flexibility index (Phi) is 3.92. The van der Waals surface area contributed by atoms with E-state index in [1.54, 1.807) is 0 Å². The van der Waals surface area contributed by atoms with Crippen molar-refractivity contribution in [2.75, 3.05) is 13.1 Å². The summed E-state index contributed by atoms with van der Waals surface area (Å²) in [5.41, 5.74) is 2.53. The number of likely N-dealkylation sites (tertiary alicyclic amines) is 1. The smallest absolute Gasteiger partial charge is 0.240 e. The molecule has 1 aromatic rings. The van der Waals surface area contributed by atoms with Gasteiger partial charge in [-0.15, -0.1) is 0 Å². The first-order valence-electron chi connectivity index (χ1n) is 7.49. The van der Waals surface area contributed by atoms with Crippen LogP contribution in [-0.4, -0.2) is 41.9 Å². The van der Waals surface area contributed by atoms with E-state index in [4.69, 9.17) is 0 Å². The van der Waals surface area contributed by atoms with Gasteiger partial charge in [0.1, 0.15) is 0 Å². The van der Waals surface area contributed by atoms with Crippen LogP contribution >= 0.6 is 0 Å². The molecule has 0 bridgehead atoms. The molecular formula is C16H21N3O2. The fourth-order valence-corrected chi connectivity index (χ4v) is 3.22. The number of carbonyl (C=O) groups is 2. The molecule has 2 amide bonds. The van der Waals surface area contributed by atoms with Gasteiger partial charge in [-0.05, 0) is 24.0 Å². The Labute approximate surface area is 124 Å². The molecule has 21 heavy (non-hydrogen) atoms. The van der Waals surface area contributed by atoms with Gasteiger partial charge in [0.05, 0.1) is 6.04 Å². The van der Waals surface area contributed by atoms with Crippen LogP contribution in [0.25, 0.3) is 0 Å². The summed E-state index contributed by atoms with van der Waals surface area (Å²) in [6, 6.07) is 8.21. The predicted molar refractivity (Wildman–Crippen MR) is 79.6 cm³/mol. The SMILES string of the molecule is CC(=O)NC1CCN(C(=O)[C@H]2Cc3ccccc3CN2)C1. The Morgan fingerprint density at radius 3 is 2.81 bits per heavy atom. The van der Waals surface area contributed by atoms with Gasteiger partial charge in [0.15, 0.2) is 0 Å². The summed E-state index contributed by atoms with van der Waals surface area (Å²) in [6.45, 7) is 3.61. The van der Waals surface area contributed by atoms with Crippen molar-refractivity contribution < 1.29 is 9.59 Å². The van der Waals surface area contributed by atoms with Gasteiger partial charge in [0.2, 0.25) is 11.8 Å². The van der Waals surface area contributed by atoms with E-state index in [1.165, 1.54) is 18.1 Å². The summed E-state index contributed by atoms with van der Waals surface area (Å²) in [6.07, 6.45) is 1.59. The minimum atomic E-state index is -0.143. The van der Waals surface area contributed by atoms with Crippen LogP contribution in [0.4, 0.5) is 0 Å². The minimum Gasteiger partial charge on any atom is -0.352 e. The zero-order chi connectivity index (χ0) is 14.8. The van der Waals surface area contributed by atoms with E-state index >= 15 is 0 Å². The van der Waals surface area contributed by atoms with Crippen LogP contribution in [0.1, 0.15) is 24.5 Å². The van der Waals surface area contributed by atoms with Crippen molar-refractivity contribution in [1.82, 2.24) is 15.5 Å². The van der Waals surface area contributed by atoms with Gasteiger partial charge < -0.3 is 15.5 Å². The molecule has 5 heteroatoms. The van der Waals surface area contributed by atoms with Crippen LogP contribution < -0.4 is 10.6 Å². The summed E-state index contributed by atoms with van der Waals surface area (Å²) in [5, 5.41) is 6.22. The van der Waals surface area contributed by atoms with Gasteiger partial charge in [-0.1, -0.05) is 24.3 Å². The maximum atomic E-state index is 12.6. The summed E-state index contributed by atoms with van der Waals surface area (Å²) in [4.78, 5) is 25.5. The van der Waals surface area contributed by atoms with Gasteiger partial charge in [0.25, 0.3) is 0 Å². The molecular weight excluding hydrogens is 266 g/mol. The van der Waals surface area contributed by atoms with Crippen molar-refractivity contribution in [1.29, 1.82) is 0 Å². The lowest BCUT2D eigenvalue weighted by molar-refractivity contribution is -0.132. The van der Waals surface area contributed by atoms with E-state index in [0.29, 0.717) is 6.54 Å². The van der Waals surface area contributed by atoms with Gasteiger partial charge in [-0.2, -0.15) is 0 Å². The molecule has 3 rings (SSSR count). The van der Waals surface area contributed by atoms with Crippen molar-refractivity contribution in [3.63, 3.8) is 0 Å². The number of hydrogen-bond donors (Lipinski definition) is 2. The lowest BCUT2D eigenvalue weighted by Gasteiger charge is -2.29. The molecule has 2 heterocycles. The van der Waals surface area contributed by atoms with Crippen molar-refractivity contribution in [2.45, 2.75) is 38.4 Å². The average molecular weight is 287 g/mol. The third-order valence-corrected chi connectivity index (χ3v) is 4.29. The maximum Gasteiger partial charge on any atom is 0.240 e. The third-order valence-electron chi connectivity index (χ3n) is 4.29. The van der Waals surface area contributed by atoms with Gasteiger partial charge in [-0.25, -0.2) is 0 Å². The summed E-state index contributed by atoms with van der Waals surface area (Å²) < 4.78 is 0. The van der Waals surface area contributed by atoms with Crippen LogP contribution in [0.3, 0.4) is 0 Å². The van der Waals surface area contributed by atoms with E-state index in [1.807, 2.05) is 17.0 Å². The van der Waals surface area contributed by atoms with E-state index in [-0.39, 0.29) is 23.9 Å². The first-order valence-corrected chi connectivity index (χ1v) is 7.49. The topological polar surface area (TPSA) is 61.4 Å². The van der Waals surface area contributed by atoms with Crippen molar-refractivity contribution >= 4 is 11.8 Å². The molecule has 0 spiro atoms. The molecule has 1 aromatic carbocycles. The molecule has 0 radical (unpaired) electrons. The Morgan fingerprint density at radius 1 is 1.29 bits per heavy atom. The Balaban J connectivity index is 1.61. The van der Waals surface area contributed by atoms with Gasteiger partial charge in [0, 0.05) is 32.6 Å². The average Bonchev–Trinajstić information content (AvgIpc) is 2.93. The number of rotatable bonds is 2. The third kappa shape index (κ3) is 3.08. The highest BCUT2D eigenvalue weighted by molar-refractivity contribution is 5.83. The number of hydrogen-bond acceptors (Lipinski definition) is 3. The predicted octanol–water partition coefficient (Wildman–Crippen LogP) is 0.438. The molecule has 1 unspecified atom stereocenters. The fourth-order valence-electron chi connectivity index (χ4n) is 3.22. The van der Waals surface area contributed by atoms with Crippen LogP contribution in [0.5, 0.6) is 0 Å². The molecule has 112 valence electrons. The number of nitrogens with one attached hydrogen (secondary N) is 2. The second-order valence-electron chi connectivity index (χ2n) is 5.88. The van der Waals surface area contributed by atoms with Crippen LogP contribution in [0.15, 0.2) is 24.3 Å². The first-order chi connectivity index (χ1) is 10.1. The maximum absolute atomic E-state index is 12.6. The highest BCUT2D eigenvalue weighted by atomic mass is 16.2. The monoisotopic (exact) mass is 287 g/mol. The molecule has 1 fully saturated rings. The molecule has 5 nitrogen and oxygen atoms in total. The number of fused-ring (bicyclic) bond motifs is 1. The molecule has 2 atom stereocenters. The number of benzene rings is 1. The zero-order valence-electron chi connectivity index (χ0n) is 12.3. The number of amides is 2. The molecule has 2 N–H and O–H groups in total. The van der Waals surface area contributed by atoms with Crippen molar-refractivity contribution in [3.8, 4) is 0 Å². The van der Waals surface area contributed by atoms with Crippen molar-refractivity contribution in [3.05, 3.63) is 35.4 Å². The van der Waals surface area contributed by atoms with E-state index in [0.717, 1.165) is 25.9 Å². The lowest BCUT2D eigenvalue weighted by Crippen LogP contribution is -2.49. The van der Waals surface area contributed by atoms with E-state index < -0.39 is 0 Å². The largest absolute Gasteiger partial charge is 0.352 e. The Hall–Kier alpha value is -1.88. The zero-order valence-corrected chi connectivity index (χ0v) is 12.3. The van der Waals surface area contributed by atoms with Gasteiger partial charge in [-0.3, -0.25) is 9.59 Å². The summed E-state index contributed by atoms with van der Waals surface area (Å²) >= 11 is 0. The molecule has 0 aliphatic carbocycles. The highest BCUT2D eigenvalue weighted by Crippen LogP contribution is 2.19. The van der Waals surface area contributed by atoms with Crippen LogP contribution in [0, 0.1) is 0 Å².